The van der Waals surface area contributed by atoms with E-state index in [1.54, 1.807) is 0 Å². The second-order valence-corrected chi connectivity index (χ2v) is 29.8. The predicted molar refractivity (Wildman–Crippen MR) is 436 cm³/mol. The van der Waals surface area contributed by atoms with Crippen LogP contribution in [0.2, 0.25) is 0 Å². The van der Waals surface area contributed by atoms with Crippen LogP contribution in [-0.4, -0.2) is 26.7 Å². The Labute approximate surface area is 604 Å². The van der Waals surface area contributed by atoms with Crippen LogP contribution in [-0.2, 0) is 0 Å². The molecule has 0 N–H and O–H groups in total. The molecule has 0 radical (unpaired) electrons. The highest BCUT2D eigenvalue weighted by Crippen LogP contribution is 2.54. The number of aromatic nitrogens is 1. The summed E-state index contributed by atoms with van der Waals surface area (Å²) in [5, 5.41) is 2.58. The number of anilines is 14. The van der Waals surface area contributed by atoms with Gasteiger partial charge in [0.1, 0.15) is 0 Å². The minimum atomic E-state index is -0.0403. The topological polar surface area (TPSA) is 33.6 Å². The molecule has 3 heterocycles. The molecule has 510 valence electrons. The Kier molecular flexibility index (Phi) is 19.7. The molecule has 0 fully saturated rings. The summed E-state index contributed by atoms with van der Waals surface area (Å²) in [5.74, 6) is 1.84. The van der Waals surface area contributed by atoms with Crippen LogP contribution in [0.3, 0.4) is 0 Å². The van der Waals surface area contributed by atoms with E-state index in [-0.39, 0.29) is 22.2 Å². The van der Waals surface area contributed by atoms with Gasteiger partial charge in [-0.1, -0.05) is 176 Å². The molecule has 0 spiro atoms. The number of ether oxygens (including phenoxy) is 1. The molecule has 1 aromatic heterocycles. The molecule has 16 rings (SSSR count). The summed E-state index contributed by atoms with van der Waals surface area (Å²) in [6.07, 6.45) is 0. The average molecular weight is 1340 g/mol. The maximum absolute atomic E-state index is 5.96. The fourth-order valence-corrected chi connectivity index (χ4v) is 14.3. The fraction of sp³-hybridized carbons (Fsp3) is 0.170. The molecule has 0 saturated heterocycles. The normalized spacial score (nSPS) is 12.3. The van der Waals surface area contributed by atoms with E-state index >= 15 is 0 Å². The van der Waals surface area contributed by atoms with Crippen LogP contribution in [0.1, 0.15) is 83.1 Å². The first-order valence-corrected chi connectivity index (χ1v) is 35.5. The average Bonchev–Trinajstić information content (AvgIpc) is 1.25. The van der Waals surface area contributed by atoms with E-state index < -0.39 is 0 Å². The summed E-state index contributed by atoms with van der Waals surface area (Å²) in [7, 11) is 0. The lowest BCUT2D eigenvalue weighted by Crippen LogP contribution is -2.40. The van der Waals surface area contributed by atoms with Crippen LogP contribution in [0.15, 0.2) is 346 Å². The van der Waals surface area contributed by atoms with E-state index in [0.29, 0.717) is 0 Å². The van der Waals surface area contributed by atoms with Crippen molar-refractivity contribution in [3.05, 3.63) is 346 Å². The van der Waals surface area contributed by atoms with Crippen molar-refractivity contribution >= 4 is 101 Å². The molecular formula is C94H93N7O. The monoisotopic (exact) mass is 1340 g/mol. The molecule has 8 heteroatoms. The van der Waals surface area contributed by atoms with Gasteiger partial charge in [-0.2, -0.15) is 0 Å². The van der Waals surface area contributed by atoms with Crippen molar-refractivity contribution in [2.24, 2.45) is 0 Å². The lowest BCUT2D eigenvalue weighted by Gasteiger charge is -2.46. The summed E-state index contributed by atoms with van der Waals surface area (Å²) < 4.78 is 8.32. The van der Waals surface area contributed by atoms with Gasteiger partial charge in [0.25, 0.3) is 0 Å². The Balaban J connectivity index is 0.000000123. The largest absolute Gasteiger partial charge is 0.453 e. The molecule has 14 aromatic rings. The van der Waals surface area contributed by atoms with Crippen molar-refractivity contribution in [3.8, 4) is 17.2 Å². The maximum Gasteiger partial charge on any atom is 0.151 e. The molecule has 0 atom stereocenters. The second-order valence-electron chi connectivity index (χ2n) is 29.8. The smallest absolute Gasteiger partial charge is 0.151 e. The fourth-order valence-electron chi connectivity index (χ4n) is 14.3. The van der Waals surface area contributed by atoms with Crippen molar-refractivity contribution < 1.29 is 4.74 Å². The van der Waals surface area contributed by atoms with Crippen LogP contribution in [0.5, 0.6) is 11.5 Å². The van der Waals surface area contributed by atoms with Gasteiger partial charge in [-0.25, -0.2) is 0 Å². The van der Waals surface area contributed by atoms with E-state index in [1.165, 1.54) is 78.7 Å². The lowest BCUT2D eigenvalue weighted by molar-refractivity contribution is 0.451. The van der Waals surface area contributed by atoms with Gasteiger partial charge in [0.2, 0.25) is 0 Å². The van der Waals surface area contributed by atoms with Gasteiger partial charge in [-0.05, 0) is 253 Å². The maximum atomic E-state index is 5.96. The Morgan fingerprint density at radius 3 is 0.892 bits per heavy atom. The number of hydrogen-bond acceptors (Lipinski definition) is 7. The Hall–Kier alpha value is -11.7. The number of rotatable bonds is 9. The van der Waals surface area contributed by atoms with Crippen molar-refractivity contribution in [3.63, 3.8) is 0 Å². The van der Waals surface area contributed by atoms with Crippen molar-refractivity contribution in [1.82, 2.24) is 4.57 Å². The van der Waals surface area contributed by atoms with Crippen LogP contribution < -0.4 is 34.1 Å². The van der Waals surface area contributed by atoms with Gasteiger partial charge in [0, 0.05) is 84.1 Å². The SMILES string of the molecule is CC(C)(C)N(c1ccccc1)c1ccc(-n2c3ccccc3c3ccccc32)cc1.CC(C)(C)N(c1ccccc1)c1ccc(N(c2ccccc2)c2ccccc2)cc1.CC(C)(C)N1c2ccccc2N(c2ccccc2)c2ccccc21.CC(C)(C)N1c2ccccc2Oc2ccccc21. The van der Waals surface area contributed by atoms with E-state index in [2.05, 4.69) is 439 Å². The lowest BCUT2D eigenvalue weighted by atomic mass is 9.98. The van der Waals surface area contributed by atoms with E-state index in [1.807, 2.05) is 24.3 Å². The molecule has 2 aliphatic heterocycles. The minimum absolute atomic E-state index is 0.00498. The number of benzene rings is 13. The Morgan fingerprint density at radius 1 is 0.235 bits per heavy atom. The van der Waals surface area contributed by atoms with Crippen LogP contribution in [0, 0.1) is 0 Å². The summed E-state index contributed by atoms with van der Waals surface area (Å²) in [5.41, 5.74) is 20.2. The van der Waals surface area contributed by atoms with Crippen LogP contribution in [0.4, 0.5) is 79.6 Å². The van der Waals surface area contributed by atoms with Gasteiger partial charge in [-0.3, -0.25) is 0 Å². The first-order valence-electron chi connectivity index (χ1n) is 35.5. The number of nitrogens with zero attached hydrogens (tertiary/aromatic N) is 7. The first kappa shape index (κ1) is 68.8. The minimum Gasteiger partial charge on any atom is -0.453 e. The van der Waals surface area contributed by atoms with Crippen molar-refractivity contribution in [2.75, 3.05) is 29.4 Å². The third-order valence-electron chi connectivity index (χ3n) is 18.2. The number of fused-ring (bicyclic) bond motifs is 7. The highest BCUT2D eigenvalue weighted by molar-refractivity contribution is 6.09. The zero-order chi connectivity index (χ0) is 71.2. The highest BCUT2D eigenvalue weighted by atomic mass is 16.5. The van der Waals surface area contributed by atoms with Gasteiger partial charge in [-0.15, -0.1) is 0 Å². The van der Waals surface area contributed by atoms with E-state index in [4.69, 9.17) is 4.74 Å². The molecule has 0 saturated carbocycles. The number of hydrogen-bond donors (Lipinski definition) is 0. The van der Waals surface area contributed by atoms with Crippen LogP contribution >= 0.6 is 0 Å². The third-order valence-corrected chi connectivity index (χ3v) is 18.2. The van der Waals surface area contributed by atoms with Gasteiger partial charge in [0.05, 0.1) is 45.2 Å². The quantitative estimate of drug-likeness (QED) is 0.142. The molecule has 0 aliphatic carbocycles. The second kappa shape index (κ2) is 29.2. The van der Waals surface area contributed by atoms with Gasteiger partial charge < -0.3 is 38.7 Å². The zero-order valence-corrected chi connectivity index (χ0v) is 60.9. The van der Waals surface area contributed by atoms with Gasteiger partial charge in [0.15, 0.2) is 11.5 Å². The molecule has 2 aliphatic rings. The third kappa shape index (κ3) is 14.6. The molecular weight excluding hydrogens is 1240 g/mol. The standard InChI is InChI=1S/C28H26N2.C28H28N2.C22H22N2.C16H17NO/c1-28(2,3)30(22-11-5-4-6-12-22)23-19-17-21(18-20-23)29-26-15-9-7-13-24(26)25-14-8-10-16-27(25)29;1-28(2,3)30(26-17-11-6-12-18-26)27-21-19-25(20-22-27)29(23-13-7-4-8-14-23)24-15-9-5-10-16-24;1-22(2,3)24-20-15-9-7-13-18(20)23(17-11-5-4-6-12-17)19-14-8-10-16-21(19)24;1-16(2,3)17-12-8-4-6-10-14(12)18-15-11-7-5-9-13(15)17/h4-20H,1-3H3;4-22H,1-3H3;4-16H,1-3H3;4-11H,1-3H3. The van der Waals surface area contributed by atoms with Crippen molar-refractivity contribution in [2.45, 2.75) is 105 Å². The summed E-state index contributed by atoms with van der Waals surface area (Å²) >= 11 is 0. The molecule has 0 unspecified atom stereocenters. The Bertz CT molecular complexity index is 4880. The Morgan fingerprint density at radius 2 is 0.510 bits per heavy atom. The van der Waals surface area contributed by atoms with E-state index in [9.17, 15) is 0 Å². The predicted octanol–water partition coefficient (Wildman–Crippen LogP) is 26.9. The molecule has 8 nitrogen and oxygen atoms in total. The van der Waals surface area contributed by atoms with Crippen molar-refractivity contribution in [1.29, 1.82) is 0 Å². The highest BCUT2D eigenvalue weighted by Gasteiger charge is 2.36. The summed E-state index contributed by atoms with van der Waals surface area (Å²) in [6.45, 7) is 26.9. The molecule has 102 heavy (non-hydrogen) atoms. The molecule has 0 bridgehead atoms. The molecule has 13 aromatic carbocycles. The zero-order valence-electron chi connectivity index (χ0n) is 60.9. The van der Waals surface area contributed by atoms with E-state index in [0.717, 1.165) is 39.9 Å². The first-order chi connectivity index (χ1) is 49.2. The number of para-hydroxylation sites is 15. The summed E-state index contributed by atoms with van der Waals surface area (Å²) in [6, 6.07) is 121. The van der Waals surface area contributed by atoms with Crippen LogP contribution in [0.25, 0.3) is 27.5 Å². The summed E-state index contributed by atoms with van der Waals surface area (Å²) in [4.78, 5) is 14.2. The molecule has 0 amide bonds. The van der Waals surface area contributed by atoms with Gasteiger partial charge >= 0.3 is 0 Å².